The third-order valence-corrected chi connectivity index (χ3v) is 4.93. The Hall–Kier alpha value is -0.830. The van der Waals surface area contributed by atoms with E-state index in [0.29, 0.717) is 17.5 Å². The molecular formula is C18H33N3. The van der Waals surface area contributed by atoms with Gasteiger partial charge in [0.05, 0.1) is 11.7 Å². The van der Waals surface area contributed by atoms with Crippen LogP contribution in [-0.4, -0.2) is 22.9 Å². The Bertz CT molecular complexity index is 410. The maximum absolute atomic E-state index is 4.82. The van der Waals surface area contributed by atoms with Gasteiger partial charge in [0.25, 0.3) is 0 Å². The van der Waals surface area contributed by atoms with Crippen LogP contribution >= 0.6 is 0 Å². The van der Waals surface area contributed by atoms with Crippen LogP contribution in [0.25, 0.3) is 0 Å². The van der Waals surface area contributed by atoms with Crippen molar-refractivity contribution in [2.45, 2.75) is 84.2 Å². The van der Waals surface area contributed by atoms with Gasteiger partial charge < -0.3 is 5.32 Å². The summed E-state index contributed by atoms with van der Waals surface area (Å²) < 4.78 is 2.23. The van der Waals surface area contributed by atoms with E-state index < -0.39 is 0 Å². The van der Waals surface area contributed by atoms with E-state index in [2.05, 4.69) is 50.1 Å². The van der Waals surface area contributed by atoms with E-state index in [9.17, 15) is 0 Å². The lowest BCUT2D eigenvalue weighted by molar-refractivity contribution is 0.263. The highest BCUT2D eigenvalue weighted by molar-refractivity contribution is 5.00. The molecule has 0 radical (unpaired) electrons. The minimum Gasteiger partial charge on any atom is -0.316 e. The van der Waals surface area contributed by atoms with Crippen molar-refractivity contribution in [3.63, 3.8) is 0 Å². The first-order valence-corrected chi connectivity index (χ1v) is 8.72. The number of nitrogens with zero attached hydrogens (tertiary/aromatic N) is 2. The number of hydrogen-bond donors (Lipinski definition) is 1. The molecule has 1 aliphatic rings. The van der Waals surface area contributed by atoms with E-state index in [1.54, 1.807) is 0 Å². The fourth-order valence-electron chi connectivity index (χ4n) is 3.56. The highest BCUT2D eigenvalue weighted by Gasteiger charge is 2.22. The number of aryl methyl sites for hydroxylation is 1. The van der Waals surface area contributed by atoms with Gasteiger partial charge in [0.1, 0.15) is 0 Å². The summed E-state index contributed by atoms with van der Waals surface area (Å²) in [6, 6.07) is 3.46. The SMILES string of the molecule is CNC(CCCc1ccn(C2CCCCC2)n1)C(C)(C)C. The lowest BCUT2D eigenvalue weighted by Crippen LogP contribution is -2.37. The number of rotatable bonds is 6. The molecule has 3 heteroatoms. The molecule has 0 amide bonds. The topological polar surface area (TPSA) is 29.9 Å². The predicted molar refractivity (Wildman–Crippen MR) is 89.6 cm³/mol. The zero-order valence-electron chi connectivity index (χ0n) is 14.4. The zero-order valence-corrected chi connectivity index (χ0v) is 14.4. The van der Waals surface area contributed by atoms with Crippen molar-refractivity contribution < 1.29 is 0 Å². The van der Waals surface area contributed by atoms with E-state index in [1.807, 2.05) is 0 Å². The lowest BCUT2D eigenvalue weighted by Gasteiger charge is -2.30. The molecule has 1 unspecified atom stereocenters. The van der Waals surface area contributed by atoms with E-state index in [0.717, 1.165) is 6.42 Å². The van der Waals surface area contributed by atoms with E-state index >= 15 is 0 Å². The third kappa shape index (κ3) is 4.84. The summed E-state index contributed by atoms with van der Waals surface area (Å²) in [5.41, 5.74) is 1.60. The van der Waals surface area contributed by atoms with Crippen molar-refractivity contribution in [1.29, 1.82) is 0 Å². The monoisotopic (exact) mass is 291 g/mol. The molecule has 1 aromatic rings. The molecular weight excluding hydrogens is 258 g/mol. The second kappa shape index (κ2) is 7.44. The van der Waals surface area contributed by atoms with E-state index in [4.69, 9.17) is 5.10 Å². The molecule has 1 N–H and O–H groups in total. The smallest absolute Gasteiger partial charge is 0.0624 e. The Kier molecular flexibility index (Phi) is 5.86. The average molecular weight is 291 g/mol. The second-order valence-corrected chi connectivity index (χ2v) is 7.68. The normalized spacial score (nSPS) is 18.9. The van der Waals surface area contributed by atoms with Crippen LogP contribution in [0.2, 0.25) is 0 Å². The number of aromatic nitrogens is 2. The van der Waals surface area contributed by atoms with Crippen molar-refractivity contribution in [1.82, 2.24) is 15.1 Å². The van der Waals surface area contributed by atoms with Crippen LogP contribution in [0.15, 0.2) is 12.3 Å². The molecule has 1 saturated carbocycles. The lowest BCUT2D eigenvalue weighted by atomic mass is 9.84. The third-order valence-electron chi connectivity index (χ3n) is 4.93. The summed E-state index contributed by atoms with van der Waals surface area (Å²) in [4.78, 5) is 0. The van der Waals surface area contributed by atoms with Crippen molar-refractivity contribution in [2.24, 2.45) is 5.41 Å². The van der Waals surface area contributed by atoms with Gasteiger partial charge in [-0.1, -0.05) is 40.0 Å². The Balaban J connectivity index is 1.80. The first-order valence-electron chi connectivity index (χ1n) is 8.72. The van der Waals surface area contributed by atoms with Gasteiger partial charge in [-0.05, 0) is 50.6 Å². The van der Waals surface area contributed by atoms with Crippen molar-refractivity contribution in [3.8, 4) is 0 Å². The molecule has 0 spiro atoms. The summed E-state index contributed by atoms with van der Waals surface area (Å²) in [6.07, 6.45) is 12.5. The largest absolute Gasteiger partial charge is 0.316 e. The van der Waals surface area contributed by atoms with Gasteiger partial charge in [-0.15, -0.1) is 0 Å². The van der Waals surface area contributed by atoms with Gasteiger partial charge in [0.15, 0.2) is 0 Å². The van der Waals surface area contributed by atoms with Crippen LogP contribution in [0.5, 0.6) is 0 Å². The van der Waals surface area contributed by atoms with Crippen LogP contribution in [0.4, 0.5) is 0 Å². The average Bonchev–Trinajstić information content (AvgIpc) is 2.92. The summed E-state index contributed by atoms with van der Waals surface area (Å²) in [6.45, 7) is 6.93. The van der Waals surface area contributed by atoms with Gasteiger partial charge in [-0.25, -0.2) is 0 Å². The molecule has 21 heavy (non-hydrogen) atoms. The highest BCUT2D eigenvalue weighted by Crippen LogP contribution is 2.28. The first kappa shape index (κ1) is 16.5. The molecule has 2 rings (SSSR count). The molecule has 0 bridgehead atoms. The minimum atomic E-state index is 0.330. The summed E-state index contributed by atoms with van der Waals surface area (Å²) >= 11 is 0. The minimum absolute atomic E-state index is 0.330. The maximum Gasteiger partial charge on any atom is 0.0624 e. The summed E-state index contributed by atoms with van der Waals surface area (Å²) in [5, 5.41) is 8.27. The Morgan fingerprint density at radius 3 is 2.62 bits per heavy atom. The molecule has 3 nitrogen and oxygen atoms in total. The fraction of sp³-hybridized carbons (Fsp3) is 0.833. The van der Waals surface area contributed by atoms with Gasteiger partial charge in [0, 0.05) is 12.2 Å². The predicted octanol–water partition coefficient (Wildman–Crippen LogP) is 4.35. The molecule has 1 fully saturated rings. The maximum atomic E-state index is 4.82. The number of hydrogen-bond acceptors (Lipinski definition) is 2. The molecule has 0 aromatic carbocycles. The van der Waals surface area contributed by atoms with E-state index in [-0.39, 0.29) is 0 Å². The van der Waals surface area contributed by atoms with Crippen molar-refractivity contribution >= 4 is 0 Å². The zero-order chi connectivity index (χ0) is 15.3. The Morgan fingerprint density at radius 1 is 1.29 bits per heavy atom. The Labute approximate surface area is 130 Å². The highest BCUT2D eigenvalue weighted by atomic mass is 15.3. The number of nitrogens with one attached hydrogen (secondary N) is 1. The van der Waals surface area contributed by atoms with Gasteiger partial charge in [0.2, 0.25) is 0 Å². The molecule has 0 aliphatic heterocycles. The van der Waals surface area contributed by atoms with Gasteiger partial charge >= 0.3 is 0 Å². The first-order chi connectivity index (χ1) is 10.0. The van der Waals surface area contributed by atoms with Crippen LogP contribution in [0.3, 0.4) is 0 Å². The Morgan fingerprint density at radius 2 is 2.00 bits per heavy atom. The molecule has 120 valence electrons. The van der Waals surface area contributed by atoms with Crippen LogP contribution < -0.4 is 5.32 Å². The molecule has 1 heterocycles. The van der Waals surface area contributed by atoms with Crippen LogP contribution in [-0.2, 0) is 6.42 Å². The standard InChI is InChI=1S/C18H33N3/c1-18(2,3)17(19-4)12-8-9-15-13-14-21(20-15)16-10-6-5-7-11-16/h13-14,16-17,19H,5-12H2,1-4H3. The van der Waals surface area contributed by atoms with E-state index in [1.165, 1.54) is 50.6 Å². The van der Waals surface area contributed by atoms with Crippen molar-refractivity contribution in [2.75, 3.05) is 7.05 Å². The molecule has 0 saturated heterocycles. The molecule has 1 aliphatic carbocycles. The van der Waals surface area contributed by atoms with Crippen LogP contribution in [0.1, 0.15) is 77.5 Å². The molecule has 1 aromatic heterocycles. The molecule has 1 atom stereocenters. The summed E-state index contributed by atoms with van der Waals surface area (Å²) in [5.74, 6) is 0. The summed E-state index contributed by atoms with van der Waals surface area (Å²) in [7, 11) is 2.08. The quantitative estimate of drug-likeness (QED) is 0.844. The van der Waals surface area contributed by atoms with Gasteiger partial charge in [-0.2, -0.15) is 5.10 Å². The van der Waals surface area contributed by atoms with Crippen molar-refractivity contribution in [3.05, 3.63) is 18.0 Å². The van der Waals surface area contributed by atoms with Gasteiger partial charge in [-0.3, -0.25) is 4.68 Å². The fourth-order valence-corrected chi connectivity index (χ4v) is 3.56. The second-order valence-electron chi connectivity index (χ2n) is 7.68. The van der Waals surface area contributed by atoms with Crippen LogP contribution in [0, 0.1) is 5.41 Å².